The van der Waals surface area contributed by atoms with E-state index in [0.717, 1.165) is 13.1 Å². The number of likely N-dealkylation sites (N-methyl/N-ethyl adjacent to an activating group) is 1. The quantitative estimate of drug-likeness (QED) is 0.715. The first-order valence-electron chi connectivity index (χ1n) is 5.02. The Kier molecular flexibility index (Phi) is 3.07. The van der Waals surface area contributed by atoms with Crippen molar-refractivity contribution in [1.82, 2.24) is 4.90 Å². The highest BCUT2D eigenvalue weighted by atomic mass is 32.1. The smallest absolute Gasteiger partial charge is 0.310 e. The summed E-state index contributed by atoms with van der Waals surface area (Å²) in [5.41, 5.74) is 0. The number of methoxy groups -OCH3 is 1. The molecule has 2 rings (SSSR count). The Labute approximate surface area is 93.7 Å². The lowest BCUT2D eigenvalue weighted by Gasteiger charge is -2.14. The van der Waals surface area contributed by atoms with Crippen LogP contribution in [0, 0.1) is 5.92 Å². The maximum Gasteiger partial charge on any atom is 0.310 e. The summed E-state index contributed by atoms with van der Waals surface area (Å²) in [7, 11) is 3.51. The van der Waals surface area contributed by atoms with Crippen LogP contribution in [-0.4, -0.2) is 38.1 Å². The zero-order valence-corrected chi connectivity index (χ0v) is 9.79. The molecule has 2 unspecified atom stereocenters. The van der Waals surface area contributed by atoms with Crippen molar-refractivity contribution in [3.05, 3.63) is 22.4 Å². The van der Waals surface area contributed by atoms with Crippen LogP contribution < -0.4 is 0 Å². The summed E-state index contributed by atoms with van der Waals surface area (Å²) in [6.07, 6.45) is 0. The number of carbonyl (C=O) groups is 1. The third kappa shape index (κ3) is 2.06. The predicted octanol–water partition coefficient (Wildman–Crippen LogP) is 1.57. The van der Waals surface area contributed by atoms with Crippen LogP contribution in [0.25, 0.3) is 0 Å². The van der Waals surface area contributed by atoms with E-state index < -0.39 is 0 Å². The number of hydrogen-bond acceptors (Lipinski definition) is 4. The van der Waals surface area contributed by atoms with E-state index in [2.05, 4.69) is 16.3 Å². The Hall–Kier alpha value is -0.870. The summed E-state index contributed by atoms with van der Waals surface area (Å²) in [6.45, 7) is 1.75. The third-order valence-corrected chi connectivity index (χ3v) is 3.92. The van der Waals surface area contributed by atoms with Gasteiger partial charge in [0.1, 0.15) is 0 Å². The number of nitrogens with zero attached hydrogens (tertiary/aromatic N) is 1. The third-order valence-electron chi connectivity index (χ3n) is 2.92. The molecule has 1 aliphatic rings. The van der Waals surface area contributed by atoms with E-state index in [1.54, 1.807) is 11.3 Å². The van der Waals surface area contributed by atoms with Crippen molar-refractivity contribution in [1.29, 1.82) is 0 Å². The fourth-order valence-corrected chi connectivity index (χ4v) is 3.07. The topological polar surface area (TPSA) is 29.5 Å². The maximum absolute atomic E-state index is 11.6. The van der Waals surface area contributed by atoms with E-state index >= 15 is 0 Å². The average molecular weight is 225 g/mol. The minimum absolute atomic E-state index is 0.00125. The van der Waals surface area contributed by atoms with Gasteiger partial charge in [-0.05, 0) is 18.5 Å². The molecule has 1 aromatic heterocycles. The summed E-state index contributed by atoms with van der Waals surface area (Å²) >= 11 is 1.72. The molecule has 4 heteroatoms. The minimum Gasteiger partial charge on any atom is -0.469 e. The number of thiophene rings is 1. The molecule has 0 radical (unpaired) electrons. The van der Waals surface area contributed by atoms with Gasteiger partial charge in [0.25, 0.3) is 0 Å². The number of hydrogen-bond donors (Lipinski definition) is 0. The van der Waals surface area contributed by atoms with Gasteiger partial charge in [-0.15, -0.1) is 11.3 Å². The van der Waals surface area contributed by atoms with Crippen LogP contribution in [0.1, 0.15) is 10.8 Å². The Balaban J connectivity index is 2.19. The molecule has 2 atom stereocenters. The lowest BCUT2D eigenvalue weighted by Crippen LogP contribution is -2.22. The van der Waals surface area contributed by atoms with E-state index in [1.807, 2.05) is 13.1 Å². The molecule has 0 bridgehead atoms. The Morgan fingerprint density at radius 3 is 3.00 bits per heavy atom. The van der Waals surface area contributed by atoms with Crippen molar-refractivity contribution in [3.63, 3.8) is 0 Å². The SMILES string of the molecule is COC(=O)C1CN(C)CC1c1cccs1. The molecule has 0 aromatic carbocycles. The van der Waals surface area contributed by atoms with Crippen LogP contribution in [0.15, 0.2) is 17.5 Å². The van der Waals surface area contributed by atoms with Gasteiger partial charge in [0.2, 0.25) is 0 Å². The van der Waals surface area contributed by atoms with Crippen molar-refractivity contribution >= 4 is 17.3 Å². The Bertz CT molecular complexity index is 336. The highest BCUT2D eigenvalue weighted by molar-refractivity contribution is 7.10. The molecule has 3 nitrogen and oxygen atoms in total. The molecule has 0 amide bonds. The summed E-state index contributed by atoms with van der Waals surface area (Å²) in [6, 6.07) is 4.14. The van der Waals surface area contributed by atoms with Crippen molar-refractivity contribution in [3.8, 4) is 0 Å². The van der Waals surface area contributed by atoms with Gasteiger partial charge in [0.05, 0.1) is 13.0 Å². The lowest BCUT2D eigenvalue weighted by atomic mass is 9.95. The molecule has 1 aliphatic heterocycles. The largest absolute Gasteiger partial charge is 0.469 e. The molecule has 15 heavy (non-hydrogen) atoms. The Morgan fingerprint density at radius 1 is 1.60 bits per heavy atom. The van der Waals surface area contributed by atoms with Crippen LogP contribution in [0.5, 0.6) is 0 Å². The van der Waals surface area contributed by atoms with E-state index in [1.165, 1.54) is 12.0 Å². The second-order valence-electron chi connectivity index (χ2n) is 3.97. The second-order valence-corrected chi connectivity index (χ2v) is 4.95. The van der Waals surface area contributed by atoms with Crippen LogP contribution in [0.4, 0.5) is 0 Å². The fourth-order valence-electron chi connectivity index (χ4n) is 2.18. The van der Waals surface area contributed by atoms with Gasteiger partial charge >= 0.3 is 5.97 Å². The fraction of sp³-hybridized carbons (Fsp3) is 0.545. The van der Waals surface area contributed by atoms with Crippen molar-refractivity contribution in [2.75, 3.05) is 27.2 Å². The number of ether oxygens (including phenoxy) is 1. The minimum atomic E-state index is -0.0854. The molecular weight excluding hydrogens is 210 g/mol. The number of likely N-dealkylation sites (tertiary alicyclic amines) is 1. The standard InChI is InChI=1S/C11H15NO2S/c1-12-6-8(10-4-3-5-15-10)9(7-12)11(13)14-2/h3-5,8-9H,6-7H2,1-2H3. The molecule has 2 heterocycles. The number of esters is 1. The second kappa shape index (κ2) is 4.33. The van der Waals surface area contributed by atoms with E-state index in [9.17, 15) is 4.79 Å². The zero-order chi connectivity index (χ0) is 10.8. The van der Waals surface area contributed by atoms with Gasteiger partial charge in [-0.2, -0.15) is 0 Å². The highest BCUT2D eigenvalue weighted by Gasteiger charge is 2.38. The molecule has 1 aromatic rings. The van der Waals surface area contributed by atoms with Gasteiger partial charge in [0, 0.05) is 23.9 Å². The molecule has 0 spiro atoms. The first-order chi connectivity index (χ1) is 7.22. The molecule has 0 N–H and O–H groups in total. The van der Waals surface area contributed by atoms with Gasteiger partial charge in [-0.1, -0.05) is 6.07 Å². The van der Waals surface area contributed by atoms with Gasteiger partial charge in [-0.3, -0.25) is 4.79 Å². The van der Waals surface area contributed by atoms with Crippen molar-refractivity contribution < 1.29 is 9.53 Å². The predicted molar refractivity (Wildman–Crippen MR) is 60.1 cm³/mol. The molecule has 1 saturated heterocycles. The zero-order valence-electron chi connectivity index (χ0n) is 8.97. The van der Waals surface area contributed by atoms with E-state index in [0.29, 0.717) is 5.92 Å². The van der Waals surface area contributed by atoms with Gasteiger partial charge < -0.3 is 9.64 Å². The molecule has 0 aliphatic carbocycles. The first-order valence-corrected chi connectivity index (χ1v) is 5.90. The summed E-state index contributed by atoms with van der Waals surface area (Å²) in [4.78, 5) is 15.1. The molecule has 0 saturated carbocycles. The molecule has 82 valence electrons. The first kappa shape index (κ1) is 10.6. The van der Waals surface area contributed by atoms with Gasteiger partial charge in [0.15, 0.2) is 0 Å². The van der Waals surface area contributed by atoms with Gasteiger partial charge in [-0.25, -0.2) is 0 Å². The van der Waals surface area contributed by atoms with Crippen molar-refractivity contribution in [2.45, 2.75) is 5.92 Å². The summed E-state index contributed by atoms with van der Waals surface area (Å²) < 4.78 is 4.85. The Morgan fingerprint density at radius 2 is 2.40 bits per heavy atom. The molecule has 1 fully saturated rings. The summed E-state index contributed by atoms with van der Waals surface area (Å²) in [5, 5.41) is 2.06. The molecular formula is C11H15NO2S. The number of rotatable bonds is 2. The maximum atomic E-state index is 11.6. The van der Waals surface area contributed by atoms with Crippen LogP contribution in [0.3, 0.4) is 0 Å². The summed E-state index contributed by atoms with van der Waals surface area (Å²) in [5.74, 6) is 0.221. The van der Waals surface area contributed by atoms with E-state index in [4.69, 9.17) is 4.74 Å². The monoisotopic (exact) mass is 225 g/mol. The van der Waals surface area contributed by atoms with Crippen LogP contribution in [-0.2, 0) is 9.53 Å². The number of carbonyl (C=O) groups excluding carboxylic acids is 1. The highest BCUT2D eigenvalue weighted by Crippen LogP contribution is 2.34. The lowest BCUT2D eigenvalue weighted by molar-refractivity contribution is -0.145. The van der Waals surface area contributed by atoms with Crippen LogP contribution >= 0.6 is 11.3 Å². The van der Waals surface area contributed by atoms with Crippen LogP contribution in [0.2, 0.25) is 0 Å². The van der Waals surface area contributed by atoms with Crippen molar-refractivity contribution in [2.24, 2.45) is 5.92 Å². The average Bonchev–Trinajstić information content (AvgIpc) is 2.84. The normalized spacial score (nSPS) is 26.8. The van der Waals surface area contributed by atoms with E-state index in [-0.39, 0.29) is 11.9 Å².